The zero-order valence-corrected chi connectivity index (χ0v) is 16.6. The summed E-state index contributed by atoms with van der Waals surface area (Å²) in [4.78, 5) is 12.4. The largest absolute Gasteiger partial charge is 0.382 e. The smallest absolute Gasteiger partial charge is 0.251 e. The molecule has 24 heavy (non-hydrogen) atoms. The first-order valence-electron chi connectivity index (χ1n) is 8.30. The van der Waals surface area contributed by atoms with Gasteiger partial charge in [-0.05, 0) is 56.2 Å². The fourth-order valence-corrected chi connectivity index (χ4v) is 2.45. The quantitative estimate of drug-likeness (QED) is 0.679. The highest BCUT2D eigenvalue weighted by molar-refractivity contribution is 5.97. The summed E-state index contributed by atoms with van der Waals surface area (Å²) in [5.41, 5.74) is 8.79. The highest BCUT2D eigenvalue weighted by Crippen LogP contribution is 2.31. The lowest BCUT2D eigenvalue weighted by atomic mass is 10.0. The van der Waals surface area contributed by atoms with Gasteiger partial charge in [0, 0.05) is 29.9 Å². The highest BCUT2D eigenvalue weighted by atomic mass is 35.5. The number of hydrogen-bond donors (Lipinski definition) is 3. The van der Waals surface area contributed by atoms with Gasteiger partial charge in [-0.2, -0.15) is 0 Å². The van der Waals surface area contributed by atoms with E-state index >= 15 is 0 Å². The molecule has 2 rings (SSSR count). The summed E-state index contributed by atoms with van der Waals surface area (Å²) >= 11 is 0. The van der Waals surface area contributed by atoms with Gasteiger partial charge in [0.2, 0.25) is 0 Å². The Hall–Kier alpha value is -0.970. The van der Waals surface area contributed by atoms with E-state index in [0.29, 0.717) is 24.4 Å². The average molecular weight is 376 g/mol. The van der Waals surface area contributed by atoms with Gasteiger partial charge in [-0.3, -0.25) is 4.79 Å². The average Bonchev–Trinajstić information content (AvgIpc) is 3.31. The molecule has 6 heteroatoms. The molecular weight excluding hydrogens is 345 g/mol. The number of halogens is 2. The van der Waals surface area contributed by atoms with Gasteiger partial charge in [-0.15, -0.1) is 24.8 Å². The number of benzene rings is 1. The summed E-state index contributed by atoms with van der Waals surface area (Å²) in [5.74, 6) is 1.10. The number of carbonyl (C=O) groups excluding carboxylic acids is 1. The summed E-state index contributed by atoms with van der Waals surface area (Å²) in [6.45, 7) is 9.07. The van der Waals surface area contributed by atoms with Gasteiger partial charge in [0.25, 0.3) is 5.91 Å². The first kappa shape index (κ1) is 23.0. The number of carbonyl (C=O) groups is 1. The maximum Gasteiger partial charge on any atom is 0.251 e. The second kappa shape index (κ2) is 10.1. The van der Waals surface area contributed by atoms with Gasteiger partial charge in [-0.1, -0.05) is 19.9 Å². The second-order valence-electron chi connectivity index (χ2n) is 6.87. The lowest BCUT2D eigenvalue weighted by Crippen LogP contribution is -2.38. The van der Waals surface area contributed by atoms with Crippen molar-refractivity contribution in [2.24, 2.45) is 17.6 Å². The minimum Gasteiger partial charge on any atom is -0.382 e. The normalized spacial score (nSPS) is 15.8. The molecule has 0 saturated heterocycles. The summed E-state index contributed by atoms with van der Waals surface area (Å²) in [7, 11) is 0. The summed E-state index contributed by atoms with van der Waals surface area (Å²) in [6, 6.07) is 6.28. The molecule has 1 fully saturated rings. The van der Waals surface area contributed by atoms with Crippen LogP contribution in [0.25, 0.3) is 0 Å². The van der Waals surface area contributed by atoms with Crippen LogP contribution in [-0.4, -0.2) is 24.5 Å². The van der Waals surface area contributed by atoms with Gasteiger partial charge in [-0.25, -0.2) is 0 Å². The standard InChI is InChI=1S/C18H29N3O.2ClH/c1-11(2)13(4)21-17-7-5-6-15(12(17)3)18(22)20-10-16(19)14-8-9-14;;/h5-7,11,13-14,16,21H,8-10,19H2,1-4H3,(H,20,22);2*1H. The number of hydrogen-bond acceptors (Lipinski definition) is 3. The van der Waals surface area contributed by atoms with Gasteiger partial charge in [0.15, 0.2) is 0 Å². The molecular formula is C18H31Cl2N3O. The van der Waals surface area contributed by atoms with Gasteiger partial charge in [0.1, 0.15) is 0 Å². The maximum atomic E-state index is 12.4. The van der Waals surface area contributed by atoms with Crippen molar-refractivity contribution < 1.29 is 4.79 Å². The number of nitrogens with two attached hydrogens (primary N) is 1. The summed E-state index contributed by atoms with van der Waals surface area (Å²) in [6.07, 6.45) is 2.39. The minimum absolute atomic E-state index is 0. The van der Waals surface area contributed by atoms with Crippen LogP contribution in [0.15, 0.2) is 18.2 Å². The Labute approximate surface area is 158 Å². The molecule has 1 aromatic rings. The molecule has 138 valence electrons. The van der Waals surface area contributed by atoms with E-state index < -0.39 is 0 Å². The van der Waals surface area contributed by atoms with Crippen molar-refractivity contribution in [3.8, 4) is 0 Å². The van der Waals surface area contributed by atoms with Crippen molar-refractivity contribution >= 4 is 36.4 Å². The van der Waals surface area contributed by atoms with Gasteiger partial charge in [0.05, 0.1) is 0 Å². The van der Waals surface area contributed by atoms with E-state index in [1.54, 1.807) is 0 Å². The van der Waals surface area contributed by atoms with E-state index in [4.69, 9.17) is 5.73 Å². The molecule has 2 atom stereocenters. The molecule has 1 aliphatic rings. The molecule has 1 aromatic carbocycles. The minimum atomic E-state index is -0.0329. The van der Waals surface area contributed by atoms with Gasteiger partial charge < -0.3 is 16.4 Å². The maximum absolute atomic E-state index is 12.4. The van der Waals surface area contributed by atoms with Crippen LogP contribution in [0, 0.1) is 18.8 Å². The zero-order valence-electron chi connectivity index (χ0n) is 15.0. The fourth-order valence-electron chi connectivity index (χ4n) is 2.45. The Morgan fingerprint density at radius 1 is 1.25 bits per heavy atom. The first-order chi connectivity index (χ1) is 10.4. The predicted molar refractivity (Wildman–Crippen MR) is 107 cm³/mol. The van der Waals surface area contributed by atoms with Crippen molar-refractivity contribution in [3.63, 3.8) is 0 Å². The lowest BCUT2D eigenvalue weighted by Gasteiger charge is -2.21. The Kier molecular flexibility index (Phi) is 9.71. The molecule has 0 bridgehead atoms. The lowest BCUT2D eigenvalue weighted by molar-refractivity contribution is 0.0949. The Morgan fingerprint density at radius 2 is 1.88 bits per heavy atom. The van der Waals surface area contributed by atoms with Crippen LogP contribution in [0.2, 0.25) is 0 Å². The van der Waals surface area contributed by atoms with E-state index in [2.05, 4.69) is 31.4 Å². The van der Waals surface area contributed by atoms with Crippen molar-refractivity contribution in [2.75, 3.05) is 11.9 Å². The third-order valence-corrected chi connectivity index (χ3v) is 4.69. The van der Waals surface area contributed by atoms with E-state index in [9.17, 15) is 4.79 Å². The SMILES string of the molecule is Cc1c(NC(C)C(C)C)cccc1C(=O)NCC(N)C1CC1.Cl.Cl. The van der Waals surface area contributed by atoms with Crippen LogP contribution in [-0.2, 0) is 0 Å². The Morgan fingerprint density at radius 3 is 2.42 bits per heavy atom. The highest BCUT2D eigenvalue weighted by Gasteiger charge is 2.28. The molecule has 4 N–H and O–H groups in total. The topological polar surface area (TPSA) is 67.2 Å². The predicted octanol–water partition coefficient (Wildman–Crippen LogP) is 3.76. The summed E-state index contributed by atoms with van der Waals surface area (Å²) in [5, 5.41) is 6.47. The Bertz CT molecular complexity index is 533. The monoisotopic (exact) mass is 375 g/mol. The third kappa shape index (κ3) is 6.15. The number of anilines is 1. The first-order valence-corrected chi connectivity index (χ1v) is 8.30. The zero-order chi connectivity index (χ0) is 16.3. The van der Waals surface area contributed by atoms with Crippen LogP contribution in [0.4, 0.5) is 5.69 Å². The third-order valence-electron chi connectivity index (χ3n) is 4.69. The number of amides is 1. The molecule has 1 aliphatic carbocycles. The van der Waals surface area contributed by atoms with Gasteiger partial charge >= 0.3 is 0 Å². The number of rotatable bonds is 7. The summed E-state index contributed by atoms with van der Waals surface area (Å²) < 4.78 is 0. The van der Waals surface area contributed by atoms with Crippen molar-refractivity contribution in [3.05, 3.63) is 29.3 Å². The number of nitrogens with one attached hydrogen (secondary N) is 2. The van der Waals surface area contributed by atoms with Crippen LogP contribution >= 0.6 is 24.8 Å². The molecule has 0 radical (unpaired) electrons. The van der Waals surface area contributed by atoms with Crippen molar-refractivity contribution in [1.82, 2.24) is 5.32 Å². The van der Waals surface area contributed by atoms with Crippen LogP contribution in [0.1, 0.15) is 49.5 Å². The van der Waals surface area contributed by atoms with E-state index in [-0.39, 0.29) is 36.8 Å². The van der Waals surface area contributed by atoms with Crippen molar-refractivity contribution in [1.29, 1.82) is 0 Å². The van der Waals surface area contributed by atoms with Crippen LogP contribution in [0.3, 0.4) is 0 Å². The fraction of sp³-hybridized carbons (Fsp3) is 0.611. The van der Waals surface area contributed by atoms with E-state index in [0.717, 1.165) is 16.8 Å². The molecule has 0 aromatic heterocycles. The van der Waals surface area contributed by atoms with Crippen LogP contribution < -0.4 is 16.4 Å². The van der Waals surface area contributed by atoms with E-state index in [1.807, 2.05) is 25.1 Å². The second-order valence-corrected chi connectivity index (χ2v) is 6.87. The molecule has 1 amide bonds. The van der Waals surface area contributed by atoms with Crippen molar-refractivity contribution in [2.45, 2.75) is 52.6 Å². The molecule has 0 aliphatic heterocycles. The Balaban J connectivity index is 0.00000264. The van der Waals surface area contributed by atoms with E-state index in [1.165, 1.54) is 12.8 Å². The molecule has 1 saturated carbocycles. The molecule has 0 spiro atoms. The van der Waals surface area contributed by atoms with Crippen LogP contribution in [0.5, 0.6) is 0 Å². The molecule has 2 unspecified atom stereocenters. The molecule has 4 nitrogen and oxygen atoms in total. The molecule has 0 heterocycles.